The summed E-state index contributed by atoms with van der Waals surface area (Å²) < 4.78 is 25.7. The minimum absolute atomic E-state index is 0.00771. The molecule has 0 saturated heterocycles. The van der Waals surface area contributed by atoms with Crippen molar-refractivity contribution in [3.05, 3.63) is 35.9 Å². The second-order valence-corrected chi connectivity index (χ2v) is 6.73. The van der Waals surface area contributed by atoms with E-state index in [4.69, 9.17) is 5.73 Å². The summed E-state index contributed by atoms with van der Waals surface area (Å²) in [5, 5.41) is 0. The van der Waals surface area contributed by atoms with Gasteiger partial charge in [0.25, 0.3) is 0 Å². The van der Waals surface area contributed by atoms with Crippen molar-refractivity contribution in [3.8, 4) is 0 Å². The van der Waals surface area contributed by atoms with E-state index >= 15 is 0 Å². The molecule has 96 valence electrons. The van der Waals surface area contributed by atoms with Gasteiger partial charge in [-0.05, 0) is 19.4 Å². The van der Waals surface area contributed by atoms with Crippen molar-refractivity contribution in [3.63, 3.8) is 0 Å². The van der Waals surface area contributed by atoms with Gasteiger partial charge in [0, 0.05) is 19.1 Å². The molecule has 0 aliphatic rings. The lowest BCUT2D eigenvalue weighted by molar-refractivity contribution is 0.273. The van der Waals surface area contributed by atoms with Gasteiger partial charge in [0.05, 0.1) is 5.75 Å². The molecule has 0 spiro atoms. The fourth-order valence-corrected chi connectivity index (χ4v) is 3.02. The normalized spacial score (nSPS) is 13.0. The van der Waals surface area contributed by atoms with Gasteiger partial charge in [0.15, 0.2) is 0 Å². The molecule has 1 rings (SSSR count). The van der Waals surface area contributed by atoms with Gasteiger partial charge in [-0.3, -0.25) is 0 Å². The number of nitrogens with zero attached hydrogens (tertiary/aromatic N) is 1. The maximum Gasteiger partial charge on any atom is 0.218 e. The number of nitrogens with two attached hydrogens (primary N) is 1. The zero-order chi connectivity index (χ0) is 13.1. The maximum atomic E-state index is 12.2. The highest BCUT2D eigenvalue weighted by molar-refractivity contribution is 7.88. The lowest BCUT2D eigenvalue weighted by Crippen LogP contribution is -2.50. The molecule has 0 aliphatic carbocycles. The Kier molecular flexibility index (Phi) is 4.30. The molecule has 1 aromatic rings. The van der Waals surface area contributed by atoms with Crippen molar-refractivity contribution in [1.82, 2.24) is 4.31 Å². The van der Waals surface area contributed by atoms with Crippen molar-refractivity contribution in [2.45, 2.75) is 25.1 Å². The van der Waals surface area contributed by atoms with E-state index in [0.29, 0.717) is 0 Å². The van der Waals surface area contributed by atoms with Crippen LogP contribution in [-0.4, -0.2) is 31.9 Å². The van der Waals surface area contributed by atoms with E-state index in [2.05, 4.69) is 0 Å². The van der Waals surface area contributed by atoms with E-state index in [0.717, 1.165) is 5.56 Å². The highest BCUT2D eigenvalue weighted by Crippen LogP contribution is 2.18. The van der Waals surface area contributed by atoms with Gasteiger partial charge in [0.1, 0.15) is 0 Å². The van der Waals surface area contributed by atoms with Crippen LogP contribution < -0.4 is 5.73 Å². The number of hydrogen-bond donors (Lipinski definition) is 1. The third kappa shape index (κ3) is 3.52. The molecule has 0 heterocycles. The molecule has 17 heavy (non-hydrogen) atoms. The smallest absolute Gasteiger partial charge is 0.218 e. The Labute approximate surface area is 103 Å². The highest BCUT2D eigenvalue weighted by atomic mass is 32.2. The average molecular weight is 256 g/mol. The van der Waals surface area contributed by atoms with Crippen molar-refractivity contribution in [2.24, 2.45) is 5.73 Å². The Morgan fingerprint density at radius 1 is 1.24 bits per heavy atom. The van der Waals surface area contributed by atoms with E-state index in [1.807, 2.05) is 32.0 Å². The summed E-state index contributed by atoms with van der Waals surface area (Å²) in [4.78, 5) is 0. The molecule has 0 amide bonds. The monoisotopic (exact) mass is 256 g/mol. The van der Waals surface area contributed by atoms with Crippen LogP contribution in [-0.2, 0) is 15.8 Å². The Bertz CT molecular complexity index is 455. The fourth-order valence-electron chi connectivity index (χ4n) is 1.39. The lowest BCUT2D eigenvalue weighted by Gasteiger charge is -2.33. The number of hydrogen-bond acceptors (Lipinski definition) is 3. The predicted molar refractivity (Wildman–Crippen MR) is 70.0 cm³/mol. The number of benzene rings is 1. The van der Waals surface area contributed by atoms with Gasteiger partial charge in [-0.25, -0.2) is 8.42 Å². The van der Waals surface area contributed by atoms with Gasteiger partial charge in [-0.1, -0.05) is 30.3 Å². The minimum atomic E-state index is -3.33. The third-order valence-corrected chi connectivity index (χ3v) is 4.99. The molecule has 4 nitrogen and oxygen atoms in total. The largest absolute Gasteiger partial charge is 0.329 e. The molecule has 0 aromatic heterocycles. The first kappa shape index (κ1) is 14.2. The van der Waals surface area contributed by atoms with E-state index < -0.39 is 15.6 Å². The Balaban J connectivity index is 2.90. The molecule has 0 fully saturated rings. The average Bonchev–Trinajstić information content (AvgIpc) is 2.28. The summed E-state index contributed by atoms with van der Waals surface area (Å²) in [6.45, 7) is 3.92. The molecular weight excluding hydrogens is 236 g/mol. The summed E-state index contributed by atoms with van der Waals surface area (Å²) in [6, 6.07) is 9.14. The maximum absolute atomic E-state index is 12.2. The van der Waals surface area contributed by atoms with Crippen LogP contribution in [0.3, 0.4) is 0 Å². The van der Waals surface area contributed by atoms with Crippen LogP contribution in [0, 0.1) is 0 Å². The third-order valence-electron chi connectivity index (χ3n) is 2.96. The Hall–Kier alpha value is -0.910. The van der Waals surface area contributed by atoms with Crippen LogP contribution >= 0.6 is 0 Å². The predicted octanol–water partition coefficient (Wildman–Crippen LogP) is 1.19. The number of likely N-dealkylation sites (N-methyl/N-ethyl adjacent to an activating group) is 1. The topological polar surface area (TPSA) is 63.4 Å². The molecule has 0 bridgehead atoms. The highest BCUT2D eigenvalue weighted by Gasteiger charge is 2.31. The number of sulfonamides is 1. The molecule has 1 aromatic carbocycles. The second-order valence-electron chi connectivity index (χ2n) is 4.73. The summed E-state index contributed by atoms with van der Waals surface area (Å²) in [7, 11) is -1.76. The zero-order valence-electron chi connectivity index (χ0n) is 10.6. The zero-order valence-corrected chi connectivity index (χ0v) is 11.4. The fraction of sp³-hybridized carbons (Fsp3) is 0.500. The van der Waals surface area contributed by atoms with E-state index in [9.17, 15) is 8.42 Å². The molecule has 0 saturated carbocycles. The van der Waals surface area contributed by atoms with Crippen LogP contribution in [0.4, 0.5) is 0 Å². The van der Waals surface area contributed by atoms with E-state index in [1.54, 1.807) is 19.2 Å². The summed E-state index contributed by atoms with van der Waals surface area (Å²) in [5.41, 5.74) is 5.81. The molecular formula is C12H20N2O2S. The molecule has 0 radical (unpaired) electrons. The lowest BCUT2D eigenvalue weighted by atomic mass is 10.1. The van der Waals surface area contributed by atoms with Gasteiger partial charge >= 0.3 is 0 Å². The van der Waals surface area contributed by atoms with E-state index in [-0.39, 0.29) is 12.3 Å². The molecule has 5 heteroatoms. The van der Waals surface area contributed by atoms with Crippen molar-refractivity contribution >= 4 is 10.0 Å². The first-order valence-corrected chi connectivity index (χ1v) is 7.11. The van der Waals surface area contributed by atoms with E-state index in [1.165, 1.54) is 4.31 Å². The minimum Gasteiger partial charge on any atom is -0.329 e. The quantitative estimate of drug-likeness (QED) is 0.860. The van der Waals surface area contributed by atoms with Crippen LogP contribution in [0.25, 0.3) is 0 Å². The summed E-state index contributed by atoms with van der Waals surface area (Å²) in [5.74, 6) is 0.00771. The summed E-state index contributed by atoms with van der Waals surface area (Å²) >= 11 is 0. The van der Waals surface area contributed by atoms with Gasteiger partial charge in [-0.15, -0.1) is 0 Å². The van der Waals surface area contributed by atoms with Crippen molar-refractivity contribution in [2.75, 3.05) is 13.6 Å². The van der Waals surface area contributed by atoms with Gasteiger partial charge < -0.3 is 5.73 Å². The van der Waals surface area contributed by atoms with Crippen LogP contribution in [0.15, 0.2) is 30.3 Å². The molecule has 0 unspecified atom stereocenters. The standard InChI is InChI=1S/C12H20N2O2S/c1-12(2,10-13)14(3)17(15,16)9-11-7-5-4-6-8-11/h4-8H,9-10,13H2,1-3H3. The van der Waals surface area contributed by atoms with Crippen LogP contribution in [0.1, 0.15) is 19.4 Å². The first-order chi connectivity index (χ1) is 7.79. The van der Waals surface area contributed by atoms with Crippen LogP contribution in [0.2, 0.25) is 0 Å². The SMILES string of the molecule is CN(C(C)(C)CN)S(=O)(=O)Cc1ccccc1. The van der Waals surface area contributed by atoms with Crippen molar-refractivity contribution < 1.29 is 8.42 Å². The second kappa shape index (κ2) is 5.16. The van der Waals surface area contributed by atoms with Gasteiger partial charge in [0.2, 0.25) is 10.0 Å². The Morgan fingerprint density at radius 2 is 1.76 bits per heavy atom. The van der Waals surface area contributed by atoms with Crippen LogP contribution in [0.5, 0.6) is 0 Å². The summed E-state index contributed by atoms with van der Waals surface area (Å²) in [6.07, 6.45) is 0. The van der Waals surface area contributed by atoms with Gasteiger partial charge in [-0.2, -0.15) is 4.31 Å². The Morgan fingerprint density at radius 3 is 2.24 bits per heavy atom. The number of rotatable bonds is 5. The van der Waals surface area contributed by atoms with Crippen molar-refractivity contribution in [1.29, 1.82) is 0 Å². The first-order valence-electron chi connectivity index (χ1n) is 5.50. The molecule has 0 atom stereocenters. The molecule has 2 N–H and O–H groups in total. The molecule has 0 aliphatic heterocycles.